The summed E-state index contributed by atoms with van der Waals surface area (Å²) in [6.07, 6.45) is 4.80. The van der Waals surface area contributed by atoms with Gasteiger partial charge in [0.2, 0.25) is 0 Å². The van der Waals surface area contributed by atoms with Crippen molar-refractivity contribution in [3.63, 3.8) is 0 Å². The van der Waals surface area contributed by atoms with Gasteiger partial charge in [0, 0.05) is 36.8 Å². The number of hydrogen-bond acceptors (Lipinski definition) is 2. The fourth-order valence-electron chi connectivity index (χ4n) is 2.94. The summed E-state index contributed by atoms with van der Waals surface area (Å²) in [5, 5.41) is 6.66. The molecule has 1 aromatic rings. The molecular weight excluding hydrogens is 373 g/mol. The van der Waals surface area contributed by atoms with Crippen molar-refractivity contribution in [2.75, 3.05) is 26.8 Å². The number of nitrogens with one attached hydrogen (secondary N) is 2. The van der Waals surface area contributed by atoms with E-state index in [1.807, 2.05) is 13.0 Å². The van der Waals surface area contributed by atoms with Gasteiger partial charge in [-0.25, -0.2) is 9.38 Å². The standard InChI is InChI=1S/C18H27BrFN3O/c1-3-21-17(22-12-14-5-6-15(19)11-16(14)20)23-13-18(7-4-8-18)9-10-24-2/h5-6,11H,3-4,7-10,12-13H2,1-2H3,(H2,21,22,23). The van der Waals surface area contributed by atoms with Crippen molar-refractivity contribution in [1.29, 1.82) is 0 Å². The minimum absolute atomic E-state index is 0.237. The van der Waals surface area contributed by atoms with Crippen LogP contribution in [0.2, 0.25) is 0 Å². The van der Waals surface area contributed by atoms with Crippen LogP contribution in [0.3, 0.4) is 0 Å². The first-order chi connectivity index (χ1) is 11.6. The Bertz CT molecular complexity index is 561. The molecule has 0 aliphatic heterocycles. The van der Waals surface area contributed by atoms with E-state index in [-0.39, 0.29) is 5.82 Å². The van der Waals surface area contributed by atoms with Crippen molar-refractivity contribution in [3.8, 4) is 0 Å². The van der Waals surface area contributed by atoms with E-state index < -0.39 is 0 Å². The quantitative estimate of drug-likeness (QED) is 0.515. The molecule has 0 atom stereocenters. The highest BCUT2D eigenvalue weighted by atomic mass is 79.9. The molecule has 0 heterocycles. The number of rotatable bonds is 8. The summed E-state index contributed by atoms with van der Waals surface area (Å²) >= 11 is 3.27. The molecule has 2 N–H and O–H groups in total. The summed E-state index contributed by atoms with van der Waals surface area (Å²) < 4.78 is 19.9. The number of benzene rings is 1. The first-order valence-electron chi connectivity index (χ1n) is 8.53. The van der Waals surface area contributed by atoms with E-state index in [2.05, 4.69) is 31.6 Å². The second-order valence-corrected chi connectivity index (χ2v) is 7.30. The molecule has 2 rings (SSSR count). The van der Waals surface area contributed by atoms with Crippen molar-refractivity contribution in [3.05, 3.63) is 34.1 Å². The zero-order chi connectivity index (χ0) is 17.4. The Kier molecular flexibility index (Phi) is 7.49. The van der Waals surface area contributed by atoms with Gasteiger partial charge in [-0.1, -0.05) is 28.4 Å². The molecule has 0 saturated heterocycles. The summed E-state index contributed by atoms with van der Waals surface area (Å²) in [5.41, 5.74) is 0.905. The minimum atomic E-state index is -0.237. The number of hydrogen-bond donors (Lipinski definition) is 2. The van der Waals surface area contributed by atoms with Crippen LogP contribution < -0.4 is 10.6 Å². The summed E-state index contributed by atoms with van der Waals surface area (Å²) in [6, 6.07) is 5.07. The fraction of sp³-hybridized carbons (Fsp3) is 0.611. The van der Waals surface area contributed by atoms with Crippen LogP contribution in [-0.2, 0) is 11.3 Å². The molecule has 1 aromatic carbocycles. The monoisotopic (exact) mass is 399 g/mol. The van der Waals surface area contributed by atoms with E-state index in [9.17, 15) is 4.39 Å². The Hall–Kier alpha value is -1.14. The average molecular weight is 400 g/mol. The molecule has 0 spiro atoms. The van der Waals surface area contributed by atoms with Crippen LogP contribution >= 0.6 is 15.9 Å². The summed E-state index contributed by atoms with van der Waals surface area (Å²) in [5.74, 6) is 0.503. The molecule has 4 nitrogen and oxygen atoms in total. The van der Waals surface area contributed by atoms with Crippen LogP contribution in [0.15, 0.2) is 27.7 Å². The maximum absolute atomic E-state index is 13.9. The zero-order valence-corrected chi connectivity index (χ0v) is 16.1. The van der Waals surface area contributed by atoms with Crippen LogP contribution in [0.5, 0.6) is 0 Å². The Balaban J connectivity index is 1.95. The highest BCUT2D eigenvalue weighted by Gasteiger charge is 2.36. The van der Waals surface area contributed by atoms with E-state index in [4.69, 9.17) is 4.74 Å². The number of nitrogens with zero attached hydrogens (tertiary/aromatic N) is 1. The minimum Gasteiger partial charge on any atom is -0.385 e. The Morgan fingerprint density at radius 2 is 2.17 bits per heavy atom. The topological polar surface area (TPSA) is 45.7 Å². The van der Waals surface area contributed by atoms with Gasteiger partial charge in [-0.05, 0) is 43.7 Å². The Morgan fingerprint density at radius 1 is 1.38 bits per heavy atom. The molecule has 134 valence electrons. The summed E-state index contributed by atoms with van der Waals surface area (Å²) in [4.78, 5) is 4.52. The molecule has 1 aliphatic carbocycles. The van der Waals surface area contributed by atoms with Crippen LogP contribution in [-0.4, -0.2) is 32.8 Å². The van der Waals surface area contributed by atoms with Gasteiger partial charge in [-0.2, -0.15) is 0 Å². The van der Waals surface area contributed by atoms with Gasteiger partial charge in [-0.15, -0.1) is 0 Å². The van der Waals surface area contributed by atoms with E-state index in [0.29, 0.717) is 17.5 Å². The van der Waals surface area contributed by atoms with Gasteiger partial charge in [0.1, 0.15) is 5.82 Å². The first kappa shape index (κ1) is 19.2. The summed E-state index contributed by atoms with van der Waals surface area (Å²) in [7, 11) is 1.75. The van der Waals surface area contributed by atoms with Gasteiger partial charge in [0.05, 0.1) is 6.54 Å². The van der Waals surface area contributed by atoms with E-state index in [0.717, 1.165) is 36.5 Å². The molecule has 24 heavy (non-hydrogen) atoms. The highest BCUT2D eigenvalue weighted by molar-refractivity contribution is 9.10. The second kappa shape index (κ2) is 9.37. The molecule has 6 heteroatoms. The number of aliphatic imine (C=N–C) groups is 1. The second-order valence-electron chi connectivity index (χ2n) is 6.38. The van der Waals surface area contributed by atoms with Gasteiger partial charge in [0.15, 0.2) is 5.96 Å². The van der Waals surface area contributed by atoms with Crippen molar-refractivity contribution < 1.29 is 9.13 Å². The lowest BCUT2D eigenvalue weighted by atomic mass is 9.67. The normalized spacial score (nSPS) is 16.6. The van der Waals surface area contributed by atoms with Gasteiger partial charge < -0.3 is 15.4 Å². The molecule has 0 aromatic heterocycles. The molecule has 0 bridgehead atoms. The summed E-state index contributed by atoms with van der Waals surface area (Å²) in [6.45, 7) is 4.80. The van der Waals surface area contributed by atoms with Crippen molar-refractivity contribution in [2.24, 2.45) is 10.4 Å². The predicted octanol–water partition coefficient (Wildman–Crippen LogP) is 3.85. The van der Waals surface area contributed by atoms with Crippen molar-refractivity contribution in [2.45, 2.75) is 39.2 Å². The molecular formula is C18H27BrFN3O. The van der Waals surface area contributed by atoms with Crippen molar-refractivity contribution >= 4 is 21.9 Å². The van der Waals surface area contributed by atoms with E-state index in [1.54, 1.807) is 13.2 Å². The molecule has 0 radical (unpaired) electrons. The third-order valence-electron chi connectivity index (χ3n) is 4.65. The highest BCUT2D eigenvalue weighted by Crippen LogP contribution is 2.43. The average Bonchev–Trinajstić information content (AvgIpc) is 2.52. The van der Waals surface area contributed by atoms with Gasteiger partial charge in [0.25, 0.3) is 0 Å². The van der Waals surface area contributed by atoms with Gasteiger partial charge >= 0.3 is 0 Å². The molecule has 1 fully saturated rings. The largest absolute Gasteiger partial charge is 0.385 e. The van der Waals surface area contributed by atoms with Gasteiger partial charge in [-0.3, -0.25) is 0 Å². The third-order valence-corrected chi connectivity index (χ3v) is 5.14. The predicted molar refractivity (Wildman–Crippen MR) is 99.7 cm³/mol. The molecule has 0 amide bonds. The van der Waals surface area contributed by atoms with Crippen LogP contribution in [0.25, 0.3) is 0 Å². The SMILES string of the molecule is CCNC(=NCc1ccc(Br)cc1F)NCC1(CCOC)CCC1. The number of ether oxygens (including phenoxy) is 1. The van der Waals surface area contributed by atoms with E-state index >= 15 is 0 Å². The lowest BCUT2D eigenvalue weighted by Gasteiger charge is -2.42. The Morgan fingerprint density at radius 3 is 2.75 bits per heavy atom. The third kappa shape index (κ3) is 5.45. The van der Waals surface area contributed by atoms with Crippen LogP contribution in [0.4, 0.5) is 4.39 Å². The molecule has 1 saturated carbocycles. The van der Waals surface area contributed by atoms with Crippen LogP contribution in [0, 0.1) is 11.2 Å². The first-order valence-corrected chi connectivity index (χ1v) is 9.33. The fourth-order valence-corrected chi connectivity index (χ4v) is 3.27. The van der Waals surface area contributed by atoms with Crippen LogP contribution in [0.1, 0.15) is 38.2 Å². The maximum atomic E-state index is 13.9. The molecule has 1 aliphatic rings. The molecule has 0 unspecified atom stereocenters. The van der Waals surface area contributed by atoms with E-state index in [1.165, 1.54) is 25.3 Å². The Labute approximate surface area is 152 Å². The van der Waals surface area contributed by atoms with Crippen molar-refractivity contribution in [1.82, 2.24) is 10.6 Å². The zero-order valence-electron chi connectivity index (χ0n) is 14.5. The lowest BCUT2D eigenvalue weighted by molar-refractivity contribution is 0.0732. The number of guanidine groups is 1. The smallest absolute Gasteiger partial charge is 0.191 e. The maximum Gasteiger partial charge on any atom is 0.191 e. The lowest BCUT2D eigenvalue weighted by Crippen LogP contribution is -2.47. The number of halogens is 2. The number of methoxy groups -OCH3 is 1.